The highest BCUT2D eigenvalue weighted by molar-refractivity contribution is 5.79. The van der Waals surface area contributed by atoms with Crippen LogP contribution < -0.4 is 5.73 Å². The summed E-state index contributed by atoms with van der Waals surface area (Å²) in [7, 11) is 0. The van der Waals surface area contributed by atoms with Gasteiger partial charge in [-0.3, -0.25) is 4.98 Å². The highest BCUT2D eigenvalue weighted by atomic mass is 14.7. The Bertz CT molecular complexity index is 529. The Hall–Kier alpha value is -1.41. The first-order valence-electron chi connectivity index (χ1n) is 5.79. The van der Waals surface area contributed by atoms with Gasteiger partial charge in [0.05, 0.1) is 5.52 Å². The Morgan fingerprint density at radius 2 is 2.12 bits per heavy atom. The molecule has 0 spiro atoms. The van der Waals surface area contributed by atoms with Crippen molar-refractivity contribution in [3.8, 4) is 0 Å². The van der Waals surface area contributed by atoms with Crippen LogP contribution in [0.2, 0.25) is 0 Å². The number of hydrogen-bond acceptors (Lipinski definition) is 2. The summed E-state index contributed by atoms with van der Waals surface area (Å²) in [5, 5.41) is 1.18. The lowest BCUT2D eigenvalue weighted by molar-refractivity contribution is 0.451. The van der Waals surface area contributed by atoms with Crippen molar-refractivity contribution in [1.29, 1.82) is 0 Å². The van der Waals surface area contributed by atoms with E-state index in [1.54, 1.807) is 0 Å². The van der Waals surface area contributed by atoms with E-state index in [1.165, 1.54) is 23.8 Å². The molecule has 1 heterocycles. The summed E-state index contributed by atoms with van der Waals surface area (Å²) in [5.74, 6) is 0. The second-order valence-corrected chi connectivity index (χ2v) is 5.09. The molecule has 1 fully saturated rings. The van der Waals surface area contributed by atoms with Crippen molar-refractivity contribution in [2.24, 2.45) is 11.1 Å². The molecule has 1 aromatic heterocycles. The van der Waals surface area contributed by atoms with Gasteiger partial charge < -0.3 is 5.73 Å². The van der Waals surface area contributed by atoms with Gasteiger partial charge in [-0.05, 0) is 36.0 Å². The van der Waals surface area contributed by atoms with Gasteiger partial charge in [-0.15, -0.1) is 0 Å². The molecule has 0 radical (unpaired) electrons. The molecule has 2 N–H and O–H groups in total. The monoisotopic (exact) mass is 212 g/mol. The van der Waals surface area contributed by atoms with Gasteiger partial charge in [0.2, 0.25) is 0 Å². The molecule has 1 atom stereocenters. The second-order valence-electron chi connectivity index (χ2n) is 5.09. The quantitative estimate of drug-likeness (QED) is 0.831. The molecule has 0 aliphatic heterocycles. The summed E-state index contributed by atoms with van der Waals surface area (Å²) in [4.78, 5) is 4.37. The van der Waals surface area contributed by atoms with Crippen molar-refractivity contribution in [1.82, 2.24) is 4.98 Å². The van der Waals surface area contributed by atoms with Crippen molar-refractivity contribution in [2.45, 2.75) is 25.8 Å². The van der Waals surface area contributed by atoms with E-state index in [0.717, 1.165) is 5.52 Å². The molecule has 3 rings (SSSR count). The van der Waals surface area contributed by atoms with Gasteiger partial charge in [0.25, 0.3) is 0 Å². The summed E-state index contributed by atoms with van der Waals surface area (Å²) in [6.07, 6.45) is 4.32. The van der Waals surface area contributed by atoms with Crippen LogP contribution in [0.25, 0.3) is 10.9 Å². The summed E-state index contributed by atoms with van der Waals surface area (Å²) in [6, 6.07) is 10.6. The van der Waals surface area contributed by atoms with Crippen molar-refractivity contribution in [3.63, 3.8) is 0 Å². The topological polar surface area (TPSA) is 38.9 Å². The number of nitrogens with two attached hydrogens (primary N) is 1. The Kier molecular flexibility index (Phi) is 2.01. The molecular weight excluding hydrogens is 196 g/mol. The van der Waals surface area contributed by atoms with Gasteiger partial charge in [0.15, 0.2) is 0 Å². The number of fused-ring (bicyclic) bond motifs is 1. The summed E-state index contributed by atoms with van der Waals surface area (Å²) in [6.45, 7) is 2.26. The van der Waals surface area contributed by atoms with E-state index in [0.29, 0.717) is 5.41 Å². The largest absolute Gasteiger partial charge is 0.323 e. The molecule has 82 valence electrons. The first kappa shape index (κ1) is 9.79. The third-order valence-corrected chi connectivity index (χ3v) is 3.78. The number of benzene rings is 1. The highest BCUT2D eigenvalue weighted by Gasteiger charge is 2.43. The number of rotatable bonds is 2. The van der Waals surface area contributed by atoms with E-state index in [4.69, 9.17) is 5.73 Å². The highest BCUT2D eigenvalue weighted by Crippen LogP contribution is 2.53. The van der Waals surface area contributed by atoms with Crippen LogP contribution in [-0.2, 0) is 0 Å². The molecule has 1 aromatic carbocycles. The molecule has 2 heteroatoms. The lowest BCUT2D eigenvalue weighted by Gasteiger charge is -2.19. The van der Waals surface area contributed by atoms with Crippen LogP contribution in [0.4, 0.5) is 0 Å². The number of nitrogens with zero attached hydrogens (tertiary/aromatic N) is 1. The van der Waals surface area contributed by atoms with Crippen LogP contribution in [0.3, 0.4) is 0 Å². The van der Waals surface area contributed by atoms with Crippen molar-refractivity contribution in [3.05, 3.63) is 42.1 Å². The third-order valence-electron chi connectivity index (χ3n) is 3.78. The smallest absolute Gasteiger partial charge is 0.0705 e. The van der Waals surface area contributed by atoms with Gasteiger partial charge in [0.1, 0.15) is 0 Å². The molecule has 1 saturated carbocycles. The van der Waals surface area contributed by atoms with Crippen molar-refractivity contribution in [2.75, 3.05) is 0 Å². The Balaban J connectivity index is 2.05. The fraction of sp³-hybridized carbons (Fsp3) is 0.357. The van der Waals surface area contributed by atoms with Crippen LogP contribution in [0.1, 0.15) is 31.4 Å². The van der Waals surface area contributed by atoms with E-state index in [9.17, 15) is 0 Å². The van der Waals surface area contributed by atoms with Crippen LogP contribution >= 0.6 is 0 Å². The zero-order valence-corrected chi connectivity index (χ0v) is 9.48. The Morgan fingerprint density at radius 1 is 1.31 bits per heavy atom. The fourth-order valence-corrected chi connectivity index (χ4v) is 2.19. The molecule has 0 bridgehead atoms. The van der Waals surface area contributed by atoms with Crippen LogP contribution in [0.5, 0.6) is 0 Å². The zero-order valence-electron chi connectivity index (χ0n) is 9.48. The van der Waals surface area contributed by atoms with Crippen molar-refractivity contribution < 1.29 is 0 Å². The average molecular weight is 212 g/mol. The van der Waals surface area contributed by atoms with Crippen LogP contribution in [0.15, 0.2) is 36.5 Å². The molecule has 1 unspecified atom stereocenters. The number of pyridine rings is 1. The second kappa shape index (κ2) is 3.29. The molecule has 2 nitrogen and oxygen atoms in total. The van der Waals surface area contributed by atoms with E-state index in [-0.39, 0.29) is 6.04 Å². The van der Waals surface area contributed by atoms with Gasteiger partial charge >= 0.3 is 0 Å². The Morgan fingerprint density at radius 3 is 2.88 bits per heavy atom. The summed E-state index contributed by atoms with van der Waals surface area (Å²) in [5.41, 5.74) is 8.88. The summed E-state index contributed by atoms with van der Waals surface area (Å²) >= 11 is 0. The first-order chi connectivity index (χ1) is 7.69. The van der Waals surface area contributed by atoms with Crippen LogP contribution in [-0.4, -0.2) is 4.98 Å². The predicted molar refractivity (Wildman–Crippen MR) is 66.0 cm³/mol. The van der Waals surface area contributed by atoms with E-state index >= 15 is 0 Å². The van der Waals surface area contributed by atoms with Crippen LogP contribution in [0, 0.1) is 5.41 Å². The fourth-order valence-electron chi connectivity index (χ4n) is 2.19. The number of aromatic nitrogens is 1. The minimum Gasteiger partial charge on any atom is -0.323 e. The van der Waals surface area contributed by atoms with Gasteiger partial charge in [-0.1, -0.05) is 25.1 Å². The lowest BCUT2D eigenvalue weighted by atomic mass is 9.92. The maximum absolute atomic E-state index is 6.30. The van der Waals surface area contributed by atoms with E-state index < -0.39 is 0 Å². The normalized spacial score (nSPS) is 19.6. The molecule has 2 aromatic rings. The van der Waals surface area contributed by atoms with E-state index in [1.807, 2.05) is 12.3 Å². The van der Waals surface area contributed by atoms with Crippen molar-refractivity contribution >= 4 is 10.9 Å². The predicted octanol–water partition coefficient (Wildman–Crippen LogP) is 3.03. The molecule has 0 amide bonds. The van der Waals surface area contributed by atoms with E-state index in [2.05, 4.69) is 36.2 Å². The molecular formula is C14H16N2. The van der Waals surface area contributed by atoms with Gasteiger partial charge in [0, 0.05) is 17.6 Å². The molecule has 0 saturated heterocycles. The average Bonchev–Trinajstić information content (AvgIpc) is 3.07. The summed E-state index contributed by atoms with van der Waals surface area (Å²) < 4.78 is 0. The third kappa shape index (κ3) is 1.50. The minimum absolute atomic E-state index is 0.152. The standard InChI is InChI=1S/C14H16N2/c1-14(6-7-14)13(15)11-5-4-10-3-2-8-16-12(10)9-11/h2-5,8-9,13H,6-7,15H2,1H3. The lowest BCUT2D eigenvalue weighted by Crippen LogP contribution is -2.19. The maximum Gasteiger partial charge on any atom is 0.0705 e. The van der Waals surface area contributed by atoms with Gasteiger partial charge in [-0.25, -0.2) is 0 Å². The Labute approximate surface area is 95.5 Å². The molecule has 1 aliphatic carbocycles. The van der Waals surface area contributed by atoms with Gasteiger partial charge in [-0.2, -0.15) is 0 Å². The number of hydrogen-bond donors (Lipinski definition) is 1. The SMILES string of the molecule is CC1(C(N)c2ccc3cccnc3c2)CC1. The minimum atomic E-state index is 0.152. The zero-order chi connectivity index (χ0) is 11.2. The maximum atomic E-state index is 6.30. The molecule has 16 heavy (non-hydrogen) atoms. The molecule has 1 aliphatic rings. The first-order valence-corrected chi connectivity index (χ1v) is 5.79.